The molecule has 0 N–H and O–H groups in total. The van der Waals surface area contributed by atoms with Crippen LogP contribution in [0.3, 0.4) is 0 Å². The molecule has 0 fully saturated rings. The van der Waals surface area contributed by atoms with Crippen LogP contribution in [-0.2, 0) is 24.3 Å². The molecular weight excluding hydrogens is 338 g/mol. The Morgan fingerprint density at radius 1 is 1.11 bits per heavy atom. The number of fused-ring (bicyclic) bond motifs is 1. The molecule has 3 aromatic rings. The summed E-state index contributed by atoms with van der Waals surface area (Å²) in [7, 11) is 1.66. The Morgan fingerprint density at radius 2 is 1.89 bits per heavy atom. The Morgan fingerprint density at radius 3 is 2.63 bits per heavy atom. The van der Waals surface area contributed by atoms with Gasteiger partial charge in [-0.15, -0.1) is 0 Å². The second-order valence-corrected chi connectivity index (χ2v) is 6.86. The number of carbonyl (C=O) groups excluding carboxylic acids is 1. The molecule has 1 aliphatic rings. The lowest BCUT2D eigenvalue weighted by Gasteiger charge is -2.29. The minimum absolute atomic E-state index is 0.157. The van der Waals surface area contributed by atoms with Crippen LogP contribution in [0.5, 0.6) is 5.75 Å². The van der Waals surface area contributed by atoms with Gasteiger partial charge in [0.2, 0.25) is 5.91 Å². The van der Waals surface area contributed by atoms with Crippen molar-refractivity contribution in [2.75, 3.05) is 13.7 Å². The highest BCUT2D eigenvalue weighted by Crippen LogP contribution is 2.26. The summed E-state index contributed by atoms with van der Waals surface area (Å²) in [4.78, 5) is 19.2. The van der Waals surface area contributed by atoms with Crippen LogP contribution in [0.2, 0.25) is 0 Å². The quantitative estimate of drug-likeness (QED) is 0.715. The highest BCUT2D eigenvalue weighted by molar-refractivity contribution is 5.79. The van der Waals surface area contributed by atoms with Crippen molar-refractivity contribution in [1.82, 2.24) is 14.5 Å². The van der Waals surface area contributed by atoms with Gasteiger partial charge in [-0.2, -0.15) is 0 Å². The van der Waals surface area contributed by atoms with E-state index in [1.807, 2.05) is 66.6 Å². The number of benzene rings is 2. The van der Waals surface area contributed by atoms with Gasteiger partial charge in [-0.25, -0.2) is 4.98 Å². The second kappa shape index (κ2) is 7.27. The van der Waals surface area contributed by atoms with Gasteiger partial charge in [0.25, 0.3) is 0 Å². The molecule has 0 atom stereocenters. The van der Waals surface area contributed by atoms with Gasteiger partial charge < -0.3 is 14.2 Å². The molecule has 1 amide bonds. The fraction of sp³-hybridized carbons (Fsp3) is 0.273. The highest BCUT2D eigenvalue weighted by atomic mass is 16.5. The van der Waals surface area contributed by atoms with Gasteiger partial charge in [0, 0.05) is 18.7 Å². The van der Waals surface area contributed by atoms with Crippen molar-refractivity contribution in [3.63, 3.8) is 0 Å². The molecule has 0 bridgehead atoms. The van der Waals surface area contributed by atoms with E-state index in [4.69, 9.17) is 4.74 Å². The number of hydrogen-bond donors (Lipinski definition) is 0. The van der Waals surface area contributed by atoms with Gasteiger partial charge in [-0.05, 0) is 42.3 Å². The fourth-order valence-corrected chi connectivity index (χ4v) is 3.55. The Labute approximate surface area is 159 Å². The standard InChI is InChI=1S/C22H23N3O2/c1-16-5-3-4-6-18(16)13-22(26)24-11-12-25-20(14-23-21(25)15-24)17-7-9-19(27-2)10-8-17/h3-10,14H,11-13,15H2,1-2H3. The van der Waals surface area contributed by atoms with E-state index >= 15 is 0 Å². The average molecular weight is 361 g/mol. The zero-order valence-electron chi connectivity index (χ0n) is 15.7. The molecular formula is C22H23N3O2. The maximum Gasteiger partial charge on any atom is 0.227 e. The molecule has 1 aliphatic heterocycles. The van der Waals surface area contributed by atoms with Gasteiger partial charge >= 0.3 is 0 Å². The number of nitrogens with zero attached hydrogens (tertiary/aromatic N) is 3. The topological polar surface area (TPSA) is 47.4 Å². The van der Waals surface area contributed by atoms with Crippen LogP contribution in [0.4, 0.5) is 0 Å². The molecule has 2 aromatic carbocycles. The third kappa shape index (κ3) is 3.45. The molecule has 0 spiro atoms. The van der Waals surface area contributed by atoms with Crippen molar-refractivity contribution < 1.29 is 9.53 Å². The van der Waals surface area contributed by atoms with E-state index in [-0.39, 0.29) is 5.91 Å². The average Bonchev–Trinajstić information content (AvgIpc) is 3.13. The lowest BCUT2D eigenvalue weighted by Crippen LogP contribution is -2.39. The van der Waals surface area contributed by atoms with Gasteiger partial charge in [0.1, 0.15) is 11.6 Å². The predicted molar refractivity (Wildman–Crippen MR) is 105 cm³/mol. The van der Waals surface area contributed by atoms with Crippen LogP contribution in [0.25, 0.3) is 11.3 Å². The van der Waals surface area contributed by atoms with Crippen molar-refractivity contribution in [3.8, 4) is 17.0 Å². The minimum atomic E-state index is 0.157. The number of aromatic nitrogens is 2. The number of carbonyl (C=O) groups is 1. The van der Waals surface area contributed by atoms with E-state index in [1.165, 1.54) is 0 Å². The molecule has 2 heterocycles. The third-order valence-electron chi connectivity index (χ3n) is 5.21. The first-order valence-corrected chi connectivity index (χ1v) is 9.17. The van der Waals surface area contributed by atoms with E-state index in [0.29, 0.717) is 19.5 Å². The largest absolute Gasteiger partial charge is 0.497 e. The number of rotatable bonds is 4. The monoisotopic (exact) mass is 361 g/mol. The summed E-state index contributed by atoms with van der Waals surface area (Å²) in [5.41, 5.74) is 4.44. The maximum absolute atomic E-state index is 12.8. The first kappa shape index (κ1) is 17.3. The molecule has 0 saturated heterocycles. The van der Waals surface area contributed by atoms with E-state index < -0.39 is 0 Å². The van der Waals surface area contributed by atoms with Crippen LogP contribution < -0.4 is 4.74 Å². The summed E-state index contributed by atoms with van der Waals surface area (Å²) in [6, 6.07) is 16.1. The van der Waals surface area contributed by atoms with Gasteiger partial charge in [-0.1, -0.05) is 24.3 Å². The number of amides is 1. The summed E-state index contributed by atoms with van der Waals surface area (Å²) < 4.78 is 7.44. The smallest absolute Gasteiger partial charge is 0.227 e. The normalized spacial score (nSPS) is 13.3. The molecule has 138 valence electrons. The number of methoxy groups -OCH3 is 1. The zero-order chi connectivity index (χ0) is 18.8. The molecule has 0 unspecified atom stereocenters. The first-order valence-electron chi connectivity index (χ1n) is 9.17. The van der Waals surface area contributed by atoms with Gasteiger partial charge in [-0.3, -0.25) is 4.79 Å². The summed E-state index contributed by atoms with van der Waals surface area (Å²) >= 11 is 0. The van der Waals surface area contributed by atoms with Crippen LogP contribution in [0.15, 0.2) is 54.7 Å². The molecule has 27 heavy (non-hydrogen) atoms. The lowest BCUT2D eigenvalue weighted by molar-refractivity contribution is -0.132. The van der Waals surface area contributed by atoms with E-state index in [9.17, 15) is 4.79 Å². The Balaban J connectivity index is 1.50. The first-order chi connectivity index (χ1) is 13.2. The zero-order valence-corrected chi connectivity index (χ0v) is 15.7. The number of imidazole rings is 1. The van der Waals surface area contributed by atoms with Crippen LogP contribution >= 0.6 is 0 Å². The molecule has 0 radical (unpaired) electrons. The Hall–Kier alpha value is -3.08. The van der Waals surface area contributed by atoms with Crippen molar-refractivity contribution >= 4 is 5.91 Å². The Bertz CT molecular complexity index is 960. The molecule has 5 nitrogen and oxygen atoms in total. The Kier molecular flexibility index (Phi) is 4.67. The van der Waals surface area contributed by atoms with Crippen molar-refractivity contribution in [2.24, 2.45) is 0 Å². The molecule has 0 aliphatic carbocycles. The van der Waals surface area contributed by atoms with Crippen molar-refractivity contribution in [2.45, 2.75) is 26.4 Å². The van der Waals surface area contributed by atoms with Gasteiger partial charge in [0.15, 0.2) is 0 Å². The van der Waals surface area contributed by atoms with E-state index in [1.54, 1.807) is 7.11 Å². The number of ether oxygens (including phenoxy) is 1. The third-order valence-corrected chi connectivity index (χ3v) is 5.21. The summed E-state index contributed by atoms with van der Waals surface area (Å²) in [6.45, 7) is 4.07. The van der Waals surface area contributed by atoms with Gasteiger partial charge in [0.05, 0.1) is 32.0 Å². The fourth-order valence-electron chi connectivity index (χ4n) is 3.55. The SMILES string of the molecule is COc1ccc(-c2cnc3n2CCN(C(=O)Cc2ccccc2C)C3)cc1. The van der Waals surface area contributed by atoms with Crippen LogP contribution in [0, 0.1) is 6.92 Å². The van der Waals surface area contributed by atoms with Crippen molar-refractivity contribution in [3.05, 3.63) is 71.7 Å². The molecule has 1 aromatic heterocycles. The summed E-state index contributed by atoms with van der Waals surface area (Å²) in [5.74, 6) is 1.93. The molecule has 0 saturated carbocycles. The second-order valence-electron chi connectivity index (χ2n) is 6.86. The van der Waals surface area contributed by atoms with Crippen LogP contribution in [0.1, 0.15) is 17.0 Å². The molecule has 4 rings (SSSR count). The lowest BCUT2D eigenvalue weighted by atomic mass is 10.1. The summed E-state index contributed by atoms with van der Waals surface area (Å²) in [5, 5.41) is 0. The number of aryl methyl sites for hydroxylation is 1. The highest BCUT2D eigenvalue weighted by Gasteiger charge is 2.24. The van der Waals surface area contributed by atoms with Crippen LogP contribution in [-0.4, -0.2) is 34.0 Å². The summed E-state index contributed by atoms with van der Waals surface area (Å²) in [6.07, 6.45) is 2.34. The maximum atomic E-state index is 12.8. The van der Waals surface area contributed by atoms with Crippen molar-refractivity contribution in [1.29, 1.82) is 0 Å². The minimum Gasteiger partial charge on any atom is -0.497 e. The number of hydrogen-bond acceptors (Lipinski definition) is 3. The molecule has 5 heteroatoms. The van der Waals surface area contributed by atoms with E-state index in [2.05, 4.69) is 9.55 Å². The van der Waals surface area contributed by atoms with E-state index in [0.717, 1.165) is 40.5 Å². The predicted octanol–water partition coefficient (Wildman–Crippen LogP) is 3.45.